The topological polar surface area (TPSA) is 78.4 Å². The predicted molar refractivity (Wildman–Crippen MR) is 62.5 cm³/mol. The van der Waals surface area contributed by atoms with Gasteiger partial charge < -0.3 is 10.5 Å². The second-order valence-electron chi connectivity index (χ2n) is 3.53. The molecule has 0 saturated heterocycles. The van der Waals surface area contributed by atoms with Gasteiger partial charge in [-0.2, -0.15) is 0 Å². The standard InChI is InChI=1S/C11H16N2O3/c1-2-3-4-7-16-11-6-5-9(13(14)15)8-10(11)12/h5-6,8H,2-4,7,12H2,1H3. The summed E-state index contributed by atoms with van der Waals surface area (Å²) in [6, 6.07) is 4.25. The van der Waals surface area contributed by atoms with Crippen molar-refractivity contribution in [2.24, 2.45) is 0 Å². The molecule has 1 aromatic carbocycles. The molecule has 0 saturated carbocycles. The van der Waals surface area contributed by atoms with Gasteiger partial charge in [0.1, 0.15) is 5.75 Å². The van der Waals surface area contributed by atoms with Gasteiger partial charge in [-0.25, -0.2) is 0 Å². The highest BCUT2D eigenvalue weighted by Crippen LogP contribution is 2.26. The van der Waals surface area contributed by atoms with E-state index < -0.39 is 4.92 Å². The van der Waals surface area contributed by atoms with E-state index in [0.29, 0.717) is 18.0 Å². The first-order valence-corrected chi connectivity index (χ1v) is 5.32. The van der Waals surface area contributed by atoms with Crippen LogP contribution < -0.4 is 10.5 Å². The van der Waals surface area contributed by atoms with E-state index in [4.69, 9.17) is 10.5 Å². The number of non-ortho nitro benzene ring substituents is 1. The van der Waals surface area contributed by atoms with Crippen LogP contribution in [-0.4, -0.2) is 11.5 Å². The number of benzene rings is 1. The Morgan fingerprint density at radius 1 is 1.44 bits per heavy atom. The van der Waals surface area contributed by atoms with Crippen molar-refractivity contribution in [2.45, 2.75) is 26.2 Å². The smallest absolute Gasteiger partial charge is 0.271 e. The lowest BCUT2D eigenvalue weighted by molar-refractivity contribution is -0.384. The molecule has 0 bridgehead atoms. The van der Waals surface area contributed by atoms with Gasteiger partial charge in [0.25, 0.3) is 5.69 Å². The predicted octanol–water partition coefficient (Wildman–Crippen LogP) is 2.75. The summed E-state index contributed by atoms with van der Waals surface area (Å²) in [6.45, 7) is 2.70. The van der Waals surface area contributed by atoms with E-state index in [-0.39, 0.29) is 5.69 Å². The Morgan fingerprint density at radius 3 is 2.75 bits per heavy atom. The molecule has 0 aliphatic rings. The maximum atomic E-state index is 10.5. The summed E-state index contributed by atoms with van der Waals surface area (Å²) in [6.07, 6.45) is 3.19. The van der Waals surface area contributed by atoms with Crippen LogP contribution in [0.2, 0.25) is 0 Å². The second-order valence-corrected chi connectivity index (χ2v) is 3.53. The Morgan fingerprint density at radius 2 is 2.19 bits per heavy atom. The molecule has 0 heterocycles. The molecule has 0 atom stereocenters. The van der Waals surface area contributed by atoms with Crippen molar-refractivity contribution in [3.05, 3.63) is 28.3 Å². The lowest BCUT2D eigenvalue weighted by Gasteiger charge is -2.07. The number of unbranched alkanes of at least 4 members (excludes halogenated alkanes) is 2. The third kappa shape index (κ3) is 3.42. The largest absolute Gasteiger partial charge is 0.491 e. The lowest BCUT2D eigenvalue weighted by Crippen LogP contribution is -2.01. The molecule has 0 aromatic heterocycles. The van der Waals surface area contributed by atoms with Gasteiger partial charge in [-0.3, -0.25) is 10.1 Å². The van der Waals surface area contributed by atoms with E-state index in [1.165, 1.54) is 12.1 Å². The number of anilines is 1. The molecule has 0 amide bonds. The maximum Gasteiger partial charge on any atom is 0.271 e. The third-order valence-electron chi connectivity index (χ3n) is 2.21. The fraction of sp³-hybridized carbons (Fsp3) is 0.455. The van der Waals surface area contributed by atoms with E-state index in [1.807, 2.05) is 0 Å². The van der Waals surface area contributed by atoms with Crippen molar-refractivity contribution < 1.29 is 9.66 Å². The molecule has 1 aromatic rings. The van der Waals surface area contributed by atoms with Crippen LogP contribution in [0.15, 0.2) is 18.2 Å². The zero-order valence-electron chi connectivity index (χ0n) is 9.31. The maximum absolute atomic E-state index is 10.5. The van der Waals surface area contributed by atoms with Gasteiger partial charge in [0.15, 0.2) is 0 Å². The van der Waals surface area contributed by atoms with Crippen molar-refractivity contribution in [3.63, 3.8) is 0 Å². The molecule has 88 valence electrons. The van der Waals surface area contributed by atoms with Crippen LogP contribution in [0.4, 0.5) is 11.4 Å². The first kappa shape index (κ1) is 12.3. The fourth-order valence-electron chi connectivity index (χ4n) is 1.32. The Labute approximate surface area is 94.4 Å². The molecule has 0 spiro atoms. The molecule has 0 aliphatic heterocycles. The summed E-state index contributed by atoms with van der Waals surface area (Å²) in [4.78, 5) is 10.00. The number of hydrogen-bond donors (Lipinski definition) is 1. The first-order valence-electron chi connectivity index (χ1n) is 5.32. The van der Waals surface area contributed by atoms with Crippen molar-refractivity contribution in [3.8, 4) is 5.75 Å². The van der Waals surface area contributed by atoms with Crippen LogP contribution >= 0.6 is 0 Å². The zero-order chi connectivity index (χ0) is 12.0. The number of nitrogens with zero attached hydrogens (tertiary/aromatic N) is 1. The van der Waals surface area contributed by atoms with Gasteiger partial charge in [0.2, 0.25) is 0 Å². The molecular formula is C11H16N2O3. The summed E-state index contributed by atoms with van der Waals surface area (Å²) in [7, 11) is 0. The van der Waals surface area contributed by atoms with E-state index in [0.717, 1.165) is 19.3 Å². The number of nitrogens with two attached hydrogens (primary N) is 1. The molecule has 0 aliphatic carbocycles. The average molecular weight is 224 g/mol. The van der Waals surface area contributed by atoms with E-state index in [2.05, 4.69) is 6.92 Å². The Bertz CT molecular complexity index is 366. The second kappa shape index (κ2) is 5.95. The highest BCUT2D eigenvalue weighted by Gasteiger charge is 2.08. The number of hydrogen-bond acceptors (Lipinski definition) is 4. The average Bonchev–Trinajstić information content (AvgIpc) is 2.26. The van der Waals surface area contributed by atoms with E-state index >= 15 is 0 Å². The minimum atomic E-state index is -0.475. The highest BCUT2D eigenvalue weighted by molar-refractivity contribution is 5.58. The Balaban J connectivity index is 2.57. The lowest BCUT2D eigenvalue weighted by atomic mass is 10.2. The van der Waals surface area contributed by atoms with Crippen LogP contribution in [0.1, 0.15) is 26.2 Å². The molecule has 0 fully saturated rings. The molecule has 2 N–H and O–H groups in total. The van der Waals surface area contributed by atoms with Gasteiger partial charge in [-0.15, -0.1) is 0 Å². The number of nitrogen functional groups attached to an aromatic ring is 1. The van der Waals surface area contributed by atoms with Crippen LogP contribution in [0, 0.1) is 10.1 Å². The highest BCUT2D eigenvalue weighted by atomic mass is 16.6. The molecule has 0 radical (unpaired) electrons. The molecule has 5 nitrogen and oxygen atoms in total. The van der Waals surface area contributed by atoms with Crippen molar-refractivity contribution in [1.82, 2.24) is 0 Å². The van der Waals surface area contributed by atoms with Crippen LogP contribution in [-0.2, 0) is 0 Å². The summed E-state index contributed by atoms with van der Waals surface area (Å²) in [5.41, 5.74) is 5.94. The minimum absolute atomic E-state index is 0.0154. The molecule has 5 heteroatoms. The summed E-state index contributed by atoms with van der Waals surface area (Å²) in [5, 5.41) is 10.5. The first-order chi connectivity index (χ1) is 7.65. The van der Waals surface area contributed by atoms with Gasteiger partial charge in [0, 0.05) is 12.1 Å². The minimum Gasteiger partial charge on any atom is -0.491 e. The van der Waals surface area contributed by atoms with E-state index in [9.17, 15) is 10.1 Å². The van der Waals surface area contributed by atoms with Gasteiger partial charge >= 0.3 is 0 Å². The fourth-order valence-corrected chi connectivity index (χ4v) is 1.32. The molecular weight excluding hydrogens is 208 g/mol. The molecule has 0 unspecified atom stereocenters. The van der Waals surface area contributed by atoms with Gasteiger partial charge in [-0.1, -0.05) is 19.8 Å². The number of nitro groups is 1. The molecule has 16 heavy (non-hydrogen) atoms. The van der Waals surface area contributed by atoms with Crippen LogP contribution in [0.3, 0.4) is 0 Å². The van der Waals surface area contributed by atoms with E-state index in [1.54, 1.807) is 6.07 Å². The number of nitro benzene ring substituents is 1. The van der Waals surface area contributed by atoms with Crippen molar-refractivity contribution in [1.29, 1.82) is 0 Å². The van der Waals surface area contributed by atoms with Crippen molar-refractivity contribution >= 4 is 11.4 Å². The normalized spacial score (nSPS) is 10.1. The third-order valence-corrected chi connectivity index (χ3v) is 2.21. The number of rotatable bonds is 6. The van der Waals surface area contributed by atoms with Gasteiger partial charge in [-0.05, 0) is 12.5 Å². The van der Waals surface area contributed by atoms with Gasteiger partial charge in [0.05, 0.1) is 17.2 Å². The quantitative estimate of drug-likeness (QED) is 0.349. The number of ether oxygens (including phenoxy) is 1. The summed E-state index contributed by atoms with van der Waals surface area (Å²) < 4.78 is 5.43. The molecule has 1 rings (SSSR count). The SMILES string of the molecule is CCCCCOc1ccc([N+](=O)[O-])cc1N. The summed E-state index contributed by atoms with van der Waals surface area (Å²) in [5.74, 6) is 0.515. The van der Waals surface area contributed by atoms with Crippen LogP contribution in [0.25, 0.3) is 0 Å². The zero-order valence-corrected chi connectivity index (χ0v) is 9.31. The Kier molecular flexibility index (Phi) is 4.57. The van der Waals surface area contributed by atoms with Crippen LogP contribution in [0.5, 0.6) is 5.75 Å². The monoisotopic (exact) mass is 224 g/mol. The summed E-state index contributed by atoms with van der Waals surface area (Å²) >= 11 is 0. The van der Waals surface area contributed by atoms with Crippen molar-refractivity contribution in [2.75, 3.05) is 12.3 Å². The Hall–Kier alpha value is -1.78.